The maximum atomic E-state index is 10.2. The molecule has 0 aromatic heterocycles. The third-order valence-electron chi connectivity index (χ3n) is 2.42. The predicted octanol–water partition coefficient (Wildman–Crippen LogP) is 1.67. The zero-order valence-corrected chi connectivity index (χ0v) is 10.2. The van der Waals surface area contributed by atoms with Gasteiger partial charge in [0.2, 0.25) is 0 Å². The number of amides is 1. The lowest BCUT2D eigenvalue weighted by Gasteiger charge is -2.08. The van der Waals surface area contributed by atoms with E-state index in [9.17, 15) is 4.79 Å². The van der Waals surface area contributed by atoms with E-state index in [0.717, 1.165) is 19.3 Å². The van der Waals surface area contributed by atoms with Crippen LogP contribution in [0.15, 0.2) is 18.2 Å². The van der Waals surface area contributed by atoms with Crippen LogP contribution in [0.5, 0.6) is 5.75 Å². The lowest BCUT2D eigenvalue weighted by Crippen LogP contribution is -2.21. The summed E-state index contributed by atoms with van der Waals surface area (Å²) in [4.78, 5) is 10.2. The van der Waals surface area contributed by atoms with Gasteiger partial charge in [-0.05, 0) is 31.4 Å². The first-order chi connectivity index (χ1) is 8.59. The molecule has 0 saturated carbocycles. The summed E-state index contributed by atoms with van der Waals surface area (Å²) in [6.45, 7) is 1.06. The minimum Gasteiger partial charge on any atom is -0.494 e. The molecule has 1 rings (SSSR count). The summed E-state index contributed by atoms with van der Waals surface area (Å²) in [7, 11) is 0. The number of unbranched alkanes of at least 4 members (excludes halogenated alkanes) is 2. The number of nitrogens with two attached hydrogens (primary N) is 2. The second-order valence-electron chi connectivity index (χ2n) is 3.93. The Morgan fingerprint density at radius 1 is 1.22 bits per heavy atom. The third kappa shape index (κ3) is 5.29. The van der Waals surface area contributed by atoms with Crippen LogP contribution in [0, 0.1) is 0 Å². The van der Waals surface area contributed by atoms with E-state index in [1.807, 2.05) is 0 Å². The Labute approximate surface area is 106 Å². The Morgan fingerprint density at radius 3 is 2.67 bits per heavy atom. The Bertz CT molecular complexity index is 396. The molecular weight excluding hydrogens is 234 g/mol. The summed E-state index contributed by atoms with van der Waals surface area (Å²) in [6, 6.07) is 5.18. The van der Waals surface area contributed by atoms with Gasteiger partial charge < -0.3 is 26.6 Å². The van der Waals surface area contributed by atoms with E-state index in [1.54, 1.807) is 18.2 Å². The molecule has 0 radical (unpaired) electrons. The van der Waals surface area contributed by atoms with E-state index in [4.69, 9.17) is 21.3 Å². The zero-order chi connectivity index (χ0) is 13.4. The van der Waals surface area contributed by atoms with Crippen molar-refractivity contribution in [2.24, 2.45) is 0 Å². The highest BCUT2D eigenvalue weighted by molar-refractivity contribution is 5.65. The second-order valence-corrected chi connectivity index (χ2v) is 3.93. The van der Waals surface area contributed by atoms with E-state index in [1.165, 1.54) is 0 Å². The number of nitrogens with one attached hydrogen (secondary N) is 1. The minimum absolute atomic E-state index is 0.476. The van der Waals surface area contributed by atoms with Gasteiger partial charge in [-0.3, -0.25) is 0 Å². The first-order valence-electron chi connectivity index (χ1n) is 5.84. The molecule has 6 nitrogen and oxygen atoms in total. The van der Waals surface area contributed by atoms with Gasteiger partial charge in [-0.2, -0.15) is 0 Å². The summed E-state index contributed by atoms with van der Waals surface area (Å²) >= 11 is 0. The first-order valence-corrected chi connectivity index (χ1v) is 5.84. The zero-order valence-electron chi connectivity index (χ0n) is 10.2. The Kier molecular flexibility index (Phi) is 5.63. The highest BCUT2D eigenvalue weighted by atomic mass is 16.5. The summed E-state index contributed by atoms with van der Waals surface area (Å²) in [5, 5.41) is 10.7. The van der Waals surface area contributed by atoms with Crippen LogP contribution in [0.1, 0.15) is 19.3 Å². The fourth-order valence-electron chi connectivity index (χ4n) is 1.43. The minimum atomic E-state index is -0.983. The average molecular weight is 253 g/mol. The molecule has 0 atom stereocenters. The number of rotatable bonds is 7. The largest absolute Gasteiger partial charge is 0.494 e. The number of hydrogen-bond donors (Lipinski definition) is 4. The molecule has 0 saturated heterocycles. The molecule has 18 heavy (non-hydrogen) atoms. The van der Waals surface area contributed by atoms with Crippen LogP contribution in [0.25, 0.3) is 0 Å². The van der Waals surface area contributed by atoms with Crippen molar-refractivity contribution in [3.8, 4) is 5.75 Å². The van der Waals surface area contributed by atoms with Gasteiger partial charge in [0.05, 0.1) is 18.0 Å². The first kappa shape index (κ1) is 14.0. The smallest absolute Gasteiger partial charge is 0.404 e. The van der Waals surface area contributed by atoms with Gasteiger partial charge in [-0.25, -0.2) is 4.79 Å². The molecule has 0 bridgehead atoms. The molecule has 0 aliphatic carbocycles. The van der Waals surface area contributed by atoms with Crippen molar-refractivity contribution in [3.63, 3.8) is 0 Å². The quantitative estimate of drug-likeness (QED) is 0.436. The van der Waals surface area contributed by atoms with E-state index < -0.39 is 6.09 Å². The fourth-order valence-corrected chi connectivity index (χ4v) is 1.43. The molecule has 0 heterocycles. The number of carbonyl (C=O) groups is 1. The van der Waals surface area contributed by atoms with Gasteiger partial charge in [0, 0.05) is 12.6 Å². The number of hydrogen-bond acceptors (Lipinski definition) is 4. The topological polar surface area (TPSA) is 111 Å². The van der Waals surface area contributed by atoms with Gasteiger partial charge in [0.1, 0.15) is 5.75 Å². The molecule has 0 aliphatic heterocycles. The molecule has 1 amide bonds. The Hall–Kier alpha value is -2.11. The summed E-state index contributed by atoms with van der Waals surface area (Å²) in [6.07, 6.45) is 1.60. The van der Waals surface area contributed by atoms with Crippen molar-refractivity contribution in [2.75, 3.05) is 24.6 Å². The molecule has 100 valence electrons. The van der Waals surface area contributed by atoms with Crippen molar-refractivity contribution < 1.29 is 14.6 Å². The fraction of sp³-hybridized carbons (Fsp3) is 0.417. The molecule has 6 N–H and O–H groups in total. The number of carboxylic acid groups (broad SMARTS) is 1. The van der Waals surface area contributed by atoms with Crippen LogP contribution in [0.4, 0.5) is 16.2 Å². The maximum absolute atomic E-state index is 10.2. The van der Waals surface area contributed by atoms with Gasteiger partial charge >= 0.3 is 6.09 Å². The number of ether oxygens (including phenoxy) is 1. The average Bonchev–Trinajstić information content (AvgIpc) is 2.32. The molecule has 0 aliphatic rings. The van der Waals surface area contributed by atoms with Crippen molar-refractivity contribution in [3.05, 3.63) is 18.2 Å². The van der Waals surface area contributed by atoms with Gasteiger partial charge in [0.15, 0.2) is 0 Å². The molecule has 6 heteroatoms. The molecule has 0 unspecified atom stereocenters. The molecule has 1 aromatic rings. The molecular formula is C12H19N3O3. The SMILES string of the molecule is Nc1ccc(OCCCCCNC(=O)O)cc1N. The van der Waals surface area contributed by atoms with E-state index in [-0.39, 0.29) is 0 Å². The van der Waals surface area contributed by atoms with Crippen molar-refractivity contribution >= 4 is 17.5 Å². The molecule has 1 aromatic carbocycles. The van der Waals surface area contributed by atoms with Crippen LogP contribution in [-0.4, -0.2) is 24.4 Å². The van der Waals surface area contributed by atoms with E-state index >= 15 is 0 Å². The van der Waals surface area contributed by atoms with Gasteiger partial charge in [0.25, 0.3) is 0 Å². The molecule has 0 fully saturated rings. The van der Waals surface area contributed by atoms with E-state index in [0.29, 0.717) is 30.3 Å². The van der Waals surface area contributed by atoms with Crippen molar-refractivity contribution in [1.82, 2.24) is 5.32 Å². The van der Waals surface area contributed by atoms with Gasteiger partial charge in [-0.15, -0.1) is 0 Å². The van der Waals surface area contributed by atoms with Gasteiger partial charge in [-0.1, -0.05) is 0 Å². The predicted molar refractivity (Wildman–Crippen MR) is 70.6 cm³/mol. The highest BCUT2D eigenvalue weighted by Crippen LogP contribution is 2.21. The number of nitrogen functional groups attached to an aromatic ring is 2. The third-order valence-corrected chi connectivity index (χ3v) is 2.42. The second kappa shape index (κ2) is 7.26. The van der Waals surface area contributed by atoms with Crippen LogP contribution >= 0.6 is 0 Å². The lowest BCUT2D eigenvalue weighted by atomic mass is 10.2. The maximum Gasteiger partial charge on any atom is 0.404 e. The van der Waals surface area contributed by atoms with Crippen molar-refractivity contribution in [2.45, 2.75) is 19.3 Å². The number of benzene rings is 1. The Balaban J connectivity index is 2.10. The van der Waals surface area contributed by atoms with Crippen LogP contribution in [-0.2, 0) is 0 Å². The molecule has 0 spiro atoms. The summed E-state index contributed by atoms with van der Waals surface area (Å²) < 4.78 is 5.50. The standard InChI is InChI=1S/C12H19N3O3/c13-10-5-4-9(8-11(10)14)18-7-3-1-2-6-15-12(16)17/h4-5,8,15H,1-3,6-7,13-14H2,(H,16,17). The van der Waals surface area contributed by atoms with Crippen molar-refractivity contribution in [1.29, 1.82) is 0 Å². The van der Waals surface area contributed by atoms with Crippen LogP contribution < -0.4 is 21.5 Å². The Morgan fingerprint density at radius 2 is 2.00 bits per heavy atom. The summed E-state index contributed by atoms with van der Waals surface area (Å²) in [5.41, 5.74) is 12.3. The lowest BCUT2D eigenvalue weighted by molar-refractivity contribution is 0.194. The highest BCUT2D eigenvalue weighted by Gasteiger charge is 1.98. The normalized spacial score (nSPS) is 10.0. The number of anilines is 2. The van der Waals surface area contributed by atoms with Crippen LogP contribution in [0.3, 0.4) is 0 Å². The van der Waals surface area contributed by atoms with E-state index in [2.05, 4.69) is 5.32 Å². The summed E-state index contributed by atoms with van der Waals surface area (Å²) in [5.74, 6) is 0.699. The monoisotopic (exact) mass is 253 g/mol. The van der Waals surface area contributed by atoms with Crippen LogP contribution in [0.2, 0.25) is 0 Å².